The Labute approximate surface area is 183 Å². The summed E-state index contributed by atoms with van der Waals surface area (Å²) in [6.45, 7) is 5.52. The molecular formula is C24H29N3O4. The predicted octanol–water partition coefficient (Wildman–Crippen LogP) is 2.08. The van der Waals surface area contributed by atoms with Gasteiger partial charge in [0.1, 0.15) is 18.4 Å². The third kappa shape index (κ3) is 4.82. The first-order chi connectivity index (χ1) is 15.0. The van der Waals surface area contributed by atoms with E-state index >= 15 is 0 Å². The van der Waals surface area contributed by atoms with Gasteiger partial charge in [-0.3, -0.25) is 9.59 Å². The highest BCUT2D eigenvalue weighted by atomic mass is 16.5. The molecule has 2 aliphatic rings. The van der Waals surface area contributed by atoms with Crippen molar-refractivity contribution in [3.05, 3.63) is 59.7 Å². The lowest BCUT2D eigenvalue weighted by molar-refractivity contribution is -0.160. The predicted molar refractivity (Wildman–Crippen MR) is 118 cm³/mol. The van der Waals surface area contributed by atoms with Gasteiger partial charge in [0.2, 0.25) is 11.8 Å². The molecule has 0 spiro atoms. The first-order valence-electron chi connectivity index (χ1n) is 10.7. The first kappa shape index (κ1) is 21.2. The first-order valence-corrected chi connectivity index (χ1v) is 10.7. The molecule has 0 aromatic heterocycles. The third-order valence-electron chi connectivity index (χ3n) is 5.99. The molecule has 0 N–H and O–H groups in total. The quantitative estimate of drug-likeness (QED) is 0.737. The Kier molecular flexibility index (Phi) is 6.42. The molecule has 0 bridgehead atoms. The Balaban J connectivity index is 1.40. The molecule has 2 aromatic rings. The highest BCUT2D eigenvalue weighted by Gasteiger charge is 2.37. The molecule has 0 radical (unpaired) electrons. The van der Waals surface area contributed by atoms with Crippen molar-refractivity contribution in [1.29, 1.82) is 0 Å². The van der Waals surface area contributed by atoms with E-state index in [1.54, 1.807) is 12.0 Å². The number of methoxy groups -OCH3 is 1. The summed E-state index contributed by atoms with van der Waals surface area (Å²) in [5.41, 5.74) is 3.37. The van der Waals surface area contributed by atoms with E-state index in [-0.39, 0.29) is 25.0 Å². The van der Waals surface area contributed by atoms with E-state index < -0.39 is 6.04 Å². The van der Waals surface area contributed by atoms with Crippen LogP contribution in [-0.4, -0.2) is 74.2 Å². The van der Waals surface area contributed by atoms with Gasteiger partial charge in [0.05, 0.1) is 13.7 Å². The van der Waals surface area contributed by atoms with E-state index in [2.05, 4.69) is 36.1 Å². The molecule has 0 unspecified atom stereocenters. The molecule has 7 nitrogen and oxygen atoms in total. The normalized spacial score (nSPS) is 19.5. The Morgan fingerprint density at radius 3 is 2.35 bits per heavy atom. The van der Waals surface area contributed by atoms with Crippen LogP contribution in [0.4, 0.5) is 5.69 Å². The minimum atomic E-state index is -0.589. The zero-order chi connectivity index (χ0) is 21.8. The number of rotatable bonds is 5. The topological polar surface area (TPSA) is 62.3 Å². The van der Waals surface area contributed by atoms with E-state index in [9.17, 15) is 9.59 Å². The van der Waals surface area contributed by atoms with E-state index in [0.717, 1.165) is 24.4 Å². The van der Waals surface area contributed by atoms with Crippen molar-refractivity contribution in [3.8, 4) is 5.75 Å². The summed E-state index contributed by atoms with van der Waals surface area (Å²) in [7, 11) is 1.62. The van der Waals surface area contributed by atoms with Crippen molar-refractivity contribution in [2.24, 2.45) is 0 Å². The maximum absolute atomic E-state index is 13.3. The summed E-state index contributed by atoms with van der Waals surface area (Å²) in [4.78, 5) is 31.7. The van der Waals surface area contributed by atoms with Crippen LogP contribution < -0.4 is 9.64 Å². The molecule has 2 fully saturated rings. The van der Waals surface area contributed by atoms with Crippen molar-refractivity contribution < 1.29 is 19.1 Å². The van der Waals surface area contributed by atoms with Crippen molar-refractivity contribution >= 4 is 17.5 Å². The van der Waals surface area contributed by atoms with Gasteiger partial charge in [0.25, 0.3) is 0 Å². The van der Waals surface area contributed by atoms with Gasteiger partial charge in [-0.05, 0) is 36.8 Å². The van der Waals surface area contributed by atoms with Crippen molar-refractivity contribution in [1.82, 2.24) is 9.80 Å². The molecule has 0 aliphatic carbocycles. The fourth-order valence-corrected chi connectivity index (χ4v) is 4.09. The summed E-state index contributed by atoms with van der Waals surface area (Å²) >= 11 is 0. The Bertz CT molecular complexity index is 905. The number of piperazine rings is 1. The second-order valence-corrected chi connectivity index (χ2v) is 8.05. The van der Waals surface area contributed by atoms with E-state index in [4.69, 9.17) is 9.47 Å². The van der Waals surface area contributed by atoms with Gasteiger partial charge in [-0.1, -0.05) is 29.8 Å². The van der Waals surface area contributed by atoms with Crippen LogP contribution in [0.25, 0.3) is 0 Å². The largest absolute Gasteiger partial charge is 0.497 e. The van der Waals surface area contributed by atoms with Gasteiger partial charge in [0.15, 0.2) is 0 Å². The molecule has 7 heteroatoms. The van der Waals surface area contributed by atoms with Gasteiger partial charge >= 0.3 is 0 Å². The highest BCUT2D eigenvalue weighted by molar-refractivity contribution is 5.89. The van der Waals surface area contributed by atoms with Crippen molar-refractivity contribution in [2.75, 3.05) is 51.4 Å². The van der Waals surface area contributed by atoms with Crippen LogP contribution in [0.5, 0.6) is 5.75 Å². The van der Waals surface area contributed by atoms with Crippen LogP contribution in [0, 0.1) is 6.92 Å². The number of hydrogen-bond donors (Lipinski definition) is 0. The third-order valence-corrected chi connectivity index (χ3v) is 5.99. The Morgan fingerprint density at radius 1 is 1.03 bits per heavy atom. The lowest BCUT2D eigenvalue weighted by atomic mass is 10.1. The average molecular weight is 424 g/mol. The van der Waals surface area contributed by atoms with Gasteiger partial charge in [-0.25, -0.2) is 0 Å². The lowest BCUT2D eigenvalue weighted by Crippen LogP contribution is -2.59. The second-order valence-electron chi connectivity index (χ2n) is 8.05. The maximum atomic E-state index is 13.3. The minimum absolute atomic E-state index is 0.0150. The number of carbonyl (C=O) groups excluding carboxylic acids is 2. The number of hydrogen-bond acceptors (Lipinski definition) is 5. The molecule has 0 saturated carbocycles. The molecule has 2 amide bonds. The van der Waals surface area contributed by atoms with Gasteiger partial charge in [-0.15, -0.1) is 0 Å². The molecule has 31 heavy (non-hydrogen) atoms. The summed E-state index contributed by atoms with van der Waals surface area (Å²) < 4.78 is 10.6. The number of carbonyl (C=O) groups is 2. The Hall–Kier alpha value is -3.06. The zero-order valence-corrected chi connectivity index (χ0v) is 18.1. The maximum Gasteiger partial charge on any atom is 0.249 e. The molecular weight excluding hydrogens is 394 g/mol. The zero-order valence-electron chi connectivity index (χ0n) is 18.1. The standard InChI is InChI=1S/C24H29N3O4/c1-18-3-7-20(8-4-18)25-11-13-26(14-12-25)24(29)22-16-31-17-23(28)27(22)15-19-5-9-21(30-2)10-6-19/h3-10,22H,11-17H2,1-2H3/t22-/m0/s1. The molecule has 164 valence electrons. The molecule has 1 atom stereocenters. The smallest absolute Gasteiger partial charge is 0.249 e. The number of morpholine rings is 1. The number of ether oxygens (including phenoxy) is 2. The van der Waals surface area contributed by atoms with Gasteiger partial charge < -0.3 is 24.2 Å². The summed E-state index contributed by atoms with van der Waals surface area (Å²) in [6, 6.07) is 15.4. The van der Waals surface area contributed by atoms with Crippen LogP contribution in [0.1, 0.15) is 11.1 Å². The summed E-state index contributed by atoms with van der Waals surface area (Å²) in [5, 5.41) is 0. The summed E-state index contributed by atoms with van der Waals surface area (Å²) in [5.74, 6) is 0.569. The average Bonchev–Trinajstić information content (AvgIpc) is 2.81. The van der Waals surface area contributed by atoms with Crippen molar-refractivity contribution in [3.63, 3.8) is 0 Å². The van der Waals surface area contributed by atoms with E-state index in [0.29, 0.717) is 19.6 Å². The van der Waals surface area contributed by atoms with Gasteiger partial charge in [0, 0.05) is 38.4 Å². The minimum Gasteiger partial charge on any atom is -0.497 e. The number of benzene rings is 2. The molecule has 2 heterocycles. The van der Waals surface area contributed by atoms with Crippen LogP contribution in [0.3, 0.4) is 0 Å². The van der Waals surface area contributed by atoms with Crippen LogP contribution in [0.15, 0.2) is 48.5 Å². The fourth-order valence-electron chi connectivity index (χ4n) is 4.09. The number of amides is 2. The number of aryl methyl sites for hydroxylation is 1. The van der Waals surface area contributed by atoms with Crippen LogP contribution >= 0.6 is 0 Å². The van der Waals surface area contributed by atoms with Gasteiger partial charge in [-0.2, -0.15) is 0 Å². The van der Waals surface area contributed by atoms with Crippen LogP contribution in [0.2, 0.25) is 0 Å². The second kappa shape index (κ2) is 9.39. The molecule has 2 aromatic carbocycles. The SMILES string of the molecule is COc1ccc(CN2C(=O)COC[C@H]2C(=O)N2CCN(c3ccc(C)cc3)CC2)cc1. The molecule has 2 aliphatic heterocycles. The summed E-state index contributed by atoms with van der Waals surface area (Å²) in [6.07, 6.45) is 0. The van der Waals surface area contributed by atoms with Crippen molar-refractivity contribution in [2.45, 2.75) is 19.5 Å². The van der Waals surface area contributed by atoms with Crippen LogP contribution in [-0.2, 0) is 20.9 Å². The lowest BCUT2D eigenvalue weighted by Gasteiger charge is -2.41. The fraction of sp³-hybridized carbons (Fsp3) is 0.417. The monoisotopic (exact) mass is 423 g/mol. The molecule has 2 saturated heterocycles. The Morgan fingerprint density at radius 2 is 1.71 bits per heavy atom. The molecule has 4 rings (SSSR count). The number of anilines is 1. The number of nitrogens with zero attached hydrogens (tertiary/aromatic N) is 3. The highest BCUT2D eigenvalue weighted by Crippen LogP contribution is 2.21. The van der Waals surface area contributed by atoms with E-state index in [1.165, 1.54) is 11.3 Å². The van der Waals surface area contributed by atoms with E-state index in [1.807, 2.05) is 29.2 Å².